The van der Waals surface area contributed by atoms with Gasteiger partial charge in [-0.2, -0.15) is 4.98 Å². The Morgan fingerprint density at radius 1 is 1.14 bits per heavy atom. The van der Waals surface area contributed by atoms with Gasteiger partial charge in [-0.25, -0.2) is 0 Å². The summed E-state index contributed by atoms with van der Waals surface area (Å²) < 4.78 is 17.8. The van der Waals surface area contributed by atoms with Crippen molar-refractivity contribution in [2.24, 2.45) is 5.92 Å². The molecule has 2 aromatic carbocycles. The molecule has 1 fully saturated rings. The van der Waals surface area contributed by atoms with Gasteiger partial charge in [-0.1, -0.05) is 11.6 Å². The normalized spacial score (nSPS) is 14.5. The van der Waals surface area contributed by atoms with Gasteiger partial charge in [0, 0.05) is 37.1 Å². The lowest BCUT2D eigenvalue weighted by Crippen LogP contribution is -2.32. The second-order valence-electron chi connectivity index (χ2n) is 9.03. The number of nitrogens with one attached hydrogen (secondary N) is 2. The average molecular weight is 522 g/mol. The van der Waals surface area contributed by atoms with Crippen LogP contribution in [0.1, 0.15) is 23.3 Å². The fraction of sp³-hybridized carbons (Fsp3) is 0.296. The topological polar surface area (TPSA) is 102 Å². The maximum Gasteiger partial charge on any atom is 0.300 e. The van der Waals surface area contributed by atoms with Crippen molar-refractivity contribution in [1.82, 2.24) is 20.2 Å². The van der Waals surface area contributed by atoms with Gasteiger partial charge in [0.1, 0.15) is 28.5 Å². The van der Waals surface area contributed by atoms with Crippen LogP contribution in [-0.4, -0.2) is 54.6 Å². The minimum absolute atomic E-state index is 0.270. The minimum atomic E-state index is -0.286. The number of benzene rings is 2. The van der Waals surface area contributed by atoms with E-state index in [0.717, 1.165) is 31.6 Å². The first-order chi connectivity index (χ1) is 18.0. The Labute approximate surface area is 219 Å². The second kappa shape index (κ2) is 11.1. The first-order valence-electron chi connectivity index (χ1n) is 12.1. The Bertz CT molecular complexity index is 1400. The largest absolute Gasteiger partial charge is 0.492 e. The average Bonchev–Trinajstić information content (AvgIpc) is 3.31. The summed E-state index contributed by atoms with van der Waals surface area (Å²) in [5, 5.41) is 6.29. The van der Waals surface area contributed by atoms with E-state index in [1.165, 1.54) is 6.20 Å². The first-order valence-corrected chi connectivity index (χ1v) is 12.5. The van der Waals surface area contributed by atoms with Crippen LogP contribution in [0.2, 0.25) is 5.02 Å². The smallest absolute Gasteiger partial charge is 0.300 e. The SMILES string of the molecule is CNC(=O)c1cc(Oc2ccc3oc(Nc4ccc(Cl)c(OCC5CCN(C)CC5)c4)nc3c2)ccn1. The van der Waals surface area contributed by atoms with Gasteiger partial charge in [-0.3, -0.25) is 9.78 Å². The van der Waals surface area contributed by atoms with Crippen molar-refractivity contribution in [2.75, 3.05) is 39.1 Å². The molecule has 3 heterocycles. The number of pyridine rings is 1. The van der Waals surface area contributed by atoms with Crippen molar-refractivity contribution in [2.45, 2.75) is 12.8 Å². The van der Waals surface area contributed by atoms with Gasteiger partial charge in [0.15, 0.2) is 5.58 Å². The molecule has 0 aliphatic carbocycles. The lowest BCUT2D eigenvalue weighted by Gasteiger charge is -2.28. The number of likely N-dealkylation sites (tertiary alicyclic amines) is 1. The van der Waals surface area contributed by atoms with Crippen LogP contribution in [0.25, 0.3) is 11.1 Å². The molecular weight excluding hydrogens is 494 g/mol. The number of piperidine rings is 1. The van der Waals surface area contributed by atoms with E-state index in [4.69, 9.17) is 25.5 Å². The molecule has 0 saturated carbocycles. The van der Waals surface area contributed by atoms with Crippen molar-refractivity contribution in [3.8, 4) is 17.2 Å². The number of carbonyl (C=O) groups is 1. The number of ether oxygens (including phenoxy) is 2. The Morgan fingerprint density at radius 2 is 1.95 bits per heavy atom. The number of fused-ring (bicyclic) bond motifs is 1. The maximum absolute atomic E-state index is 11.8. The molecule has 0 atom stereocenters. The molecule has 0 spiro atoms. The third-order valence-electron chi connectivity index (χ3n) is 6.28. The van der Waals surface area contributed by atoms with Gasteiger partial charge in [-0.15, -0.1) is 0 Å². The van der Waals surface area contributed by atoms with Crippen molar-refractivity contribution < 1.29 is 18.7 Å². The van der Waals surface area contributed by atoms with Gasteiger partial charge in [0.25, 0.3) is 11.9 Å². The molecule has 4 aromatic rings. The summed E-state index contributed by atoms with van der Waals surface area (Å²) in [7, 11) is 3.70. The molecule has 0 bridgehead atoms. The molecule has 192 valence electrons. The van der Waals surface area contributed by atoms with Gasteiger partial charge in [-0.05, 0) is 69.2 Å². The minimum Gasteiger partial charge on any atom is -0.492 e. The highest BCUT2D eigenvalue weighted by molar-refractivity contribution is 6.32. The van der Waals surface area contributed by atoms with E-state index in [0.29, 0.717) is 51.9 Å². The number of oxazole rings is 1. The first kappa shape index (κ1) is 24.9. The number of rotatable bonds is 8. The van der Waals surface area contributed by atoms with Crippen LogP contribution in [0.5, 0.6) is 17.2 Å². The van der Waals surface area contributed by atoms with E-state index < -0.39 is 0 Å². The lowest BCUT2D eigenvalue weighted by molar-refractivity contribution is 0.0958. The van der Waals surface area contributed by atoms with Crippen LogP contribution in [0.4, 0.5) is 11.7 Å². The number of hydrogen-bond acceptors (Lipinski definition) is 8. The predicted molar refractivity (Wildman–Crippen MR) is 142 cm³/mol. The Hall–Kier alpha value is -3.82. The third kappa shape index (κ3) is 6.12. The third-order valence-corrected chi connectivity index (χ3v) is 6.59. The molecule has 37 heavy (non-hydrogen) atoms. The Morgan fingerprint density at radius 3 is 2.76 bits per heavy atom. The Balaban J connectivity index is 1.26. The van der Waals surface area contributed by atoms with E-state index in [-0.39, 0.29) is 11.6 Å². The number of carbonyl (C=O) groups excluding carboxylic acids is 1. The van der Waals surface area contributed by atoms with Gasteiger partial charge < -0.3 is 29.4 Å². The summed E-state index contributed by atoms with van der Waals surface area (Å²) in [4.78, 5) is 22.8. The van der Waals surface area contributed by atoms with E-state index in [1.807, 2.05) is 12.1 Å². The van der Waals surface area contributed by atoms with Crippen molar-refractivity contribution in [3.63, 3.8) is 0 Å². The molecule has 1 aliphatic rings. The molecule has 2 aromatic heterocycles. The Kier molecular flexibility index (Phi) is 7.43. The number of hydrogen-bond donors (Lipinski definition) is 2. The number of amides is 1. The highest BCUT2D eigenvalue weighted by atomic mass is 35.5. The molecule has 1 saturated heterocycles. The zero-order chi connectivity index (χ0) is 25.8. The van der Waals surface area contributed by atoms with Gasteiger partial charge in [0.05, 0.1) is 11.6 Å². The summed E-state index contributed by atoms with van der Waals surface area (Å²) >= 11 is 6.38. The molecule has 1 aliphatic heterocycles. The van der Waals surface area contributed by atoms with Crippen LogP contribution in [0.15, 0.2) is 59.1 Å². The van der Waals surface area contributed by atoms with Crippen molar-refractivity contribution in [3.05, 3.63) is 65.4 Å². The number of anilines is 2. The molecule has 0 radical (unpaired) electrons. The molecular formula is C27H28ClN5O4. The highest BCUT2D eigenvalue weighted by Crippen LogP contribution is 2.32. The predicted octanol–water partition coefficient (Wildman–Crippen LogP) is 5.49. The van der Waals surface area contributed by atoms with Crippen molar-refractivity contribution in [1.29, 1.82) is 0 Å². The summed E-state index contributed by atoms with van der Waals surface area (Å²) in [6.07, 6.45) is 3.77. The summed E-state index contributed by atoms with van der Waals surface area (Å²) in [6.45, 7) is 2.83. The highest BCUT2D eigenvalue weighted by Gasteiger charge is 2.18. The number of nitrogens with zero attached hydrogens (tertiary/aromatic N) is 3. The van der Waals surface area contributed by atoms with Crippen LogP contribution in [0, 0.1) is 5.92 Å². The van der Waals surface area contributed by atoms with E-state index >= 15 is 0 Å². The number of aromatic nitrogens is 2. The molecule has 2 N–H and O–H groups in total. The fourth-order valence-corrected chi connectivity index (χ4v) is 4.31. The summed E-state index contributed by atoms with van der Waals surface area (Å²) in [6, 6.07) is 14.4. The molecule has 10 heteroatoms. The molecule has 1 amide bonds. The monoisotopic (exact) mass is 521 g/mol. The lowest BCUT2D eigenvalue weighted by atomic mass is 9.98. The summed E-state index contributed by atoms with van der Waals surface area (Å²) in [5.74, 6) is 1.91. The molecule has 5 rings (SSSR count). The van der Waals surface area contributed by atoms with Crippen LogP contribution in [0.3, 0.4) is 0 Å². The van der Waals surface area contributed by atoms with E-state index in [9.17, 15) is 4.79 Å². The fourth-order valence-electron chi connectivity index (χ4n) is 4.14. The standard InChI is InChI=1S/C27H28ClN5O4/c1-29-26(34)23-15-20(7-10-30-23)36-19-4-6-24-22(14-19)32-27(37-24)31-18-3-5-21(28)25(13-18)35-16-17-8-11-33(2)12-9-17/h3-7,10,13-15,17H,8-9,11-12,16H2,1-2H3,(H,29,34)(H,31,32). The zero-order valence-electron chi connectivity index (χ0n) is 20.7. The van der Waals surface area contributed by atoms with Gasteiger partial charge >= 0.3 is 0 Å². The van der Waals surface area contributed by atoms with Crippen LogP contribution >= 0.6 is 11.6 Å². The van der Waals surface area contributed by atoms with E-state index in [2.05, 4.69) is 32.5 Å². The van der Waals surface area contributed by atoms with Crippen LogP contribution in [-0.2, 0) is 0 Å². The second-order valence-corrected chi connectivity index (χ2v) is 9.44. The number of halogens is 1. The molecule has 0 unspecified atom stereocenters. The van der Waals surface area contributed by atoms with E-state index in [1.54, 1.807) is 43.4 Å². The van der Waals surface area contributed by atoms with Crippen LogP contribution < -0.4 is 20.1 Å². The summed E-state index contributed by atoms with van der Waals surface area (Å²) in [5.41, 5.74) is 2.24. The van der Waals surface area contributed by atoms with Gasteiger partial charge in [0.2, 0.25) is 0 Å². The molecule has 9 nitrogen and oxygen atoms in total. The quantitative estimate of drug-likeness (QED) is 0.314. The van der Waals surface area contributed by atoms with Crippen molar-refractivity contribution >= 4 is 40.3 Å². The maximum atomic E-state index is 11.8. The zero-order valence-corrected chi connectivity index (χ0v) is 21.4.